The molecule has 5 nitrogen and oxygen atoms in total. The van der Waals surface area contributed by atoms with E-state index < -0.39 is 6.17 Å². The number of amides is 1. The second kappa shape index (κ2) is 6.45. The molecule has 19 heavy (non-hydrogen) atoms. The van der Waals surface area contributed by atoms with Crippen LogP contribution in [0, 0.1) is 0 Å². The van der Waals surface area contributed by atoms with Gasteiger partial charge in [0.25, 0.3) is 0 Å². The molecule has 5 heteroatoms. The third-order valence-electron chi connectivity index (χ3n) is 3.21. The van der Waals surface area contributed by atoms with E-state index in [-0.39, 0.29) is 11.7 Å². The Morgan fingerprint density at radius 3 is 2.42 bits per heavy atom. The first-order valence-electron chi connectivity index (χ1n) is 6.47. The highest BCUT2D eigenvalue weighted by molar-refractivity contribution is 6.00. The zero-order valence-electron chi connectivity index (χ0n) is 11.0. The Balaban J connectivity index is 2.16. The first-order valence-corrected chi connectivity index (χ1v) is 6.47. The van der Waals surface area contributed by atoms with Crippen LogP contribution >= 0.6 is 0 Å². The monoisotopic (exact) mass is 263 g/mol. The Kier molecular flexibility index (Phi) is 4.65. The molecule has 1 aliphatic heterocycles. The Morgan fingerprint density at radius 2 is 1.84 bits per heavy atom. The molecule has 0 aromatic heterocycles. The van der Waals surface area contributed by atoms with Crippen LogP contribution in [0.3, 0.4) is 0 Å². The van der Waals surface area contributed by atoms with E-state index in [0.29, 0.717) is 18.8 Å². The van der Waals surface area contributed by atoms with Crippen molar-refractivity contribution < 1.29 is 19.2 Å². The van der Waals surface area contributed by atoms with E-state index in [9.17, 15) is 9.59 Å². The molecule has 1 heterocycles. The van der Waals surface area contributed by atoms with Crippen LogP contribution in [0.15, 0.2) is 30.3 Å². The average molecular weight is 263 g/mol. The molecule has 0 spiro atoms. The van der Waals surface area contributed by atoms with Crippen molar-refractivity contribution >= 4 is 11.7 Å². The number of hydrogen-bond acceptors (Lipinski definition) is 3. The van der Waals surface area contributed by atoms with Crippen LogP contribution in [-0.2, 0) is 9.53 Å². The molecule has 1 aromatic carbocycles. The lowest BCUT2D eigenvalue weighted by molar-refractivity contribution is -0.925. The topological polar surface area (TPSA) is 59.8 Å². The van der Waals surface area contributed by atoms with E-state index in [2.05, 4.69) is 5.32 Å². The van der Waals surface area contributed by atoms with Gasteiger partial charge in [-0.2, -0.15) is 0 Å². The minimum absolute atomic E-state index is 0.0484. The summed E-state index contributed by atoms with van der Waals surface area (Å²) in [7, 11) is 0. The van der Waals surface area contributed by atoms with Gasteiger partial charge in [-0.05, 0) is 0 Å². The van der Waals surface area contributed by atoms with Crippen LogP contribution in [0.4, 0.5) is 0 Å². The van der Waals surface area contributed by atoms with Crippen molar-refractivity contribution in [3.63, 3.8) is 0 Å². The SMILES string of the molecule is CC(=O)N[C@H](C(=O)c1ccccc1)[NH+]1CCOCC1. The van der Waals surface area contributed by atoms with Crippen molar-refractivity contribution in [3.05, 3.63) is 35.9 Å². The molecule has 1 saturated heterocycles. The third kappa shape index (κ3) is 3.62. The summed E-state index contributed by atoms with van der Waals surface area (Å²) >= 11 is 0. The molecule has 1 aliphatic rings. The molecule has 0 unspecified atom stereocenters. The fourth-order valence-corrected chi connectivity index (χ4v) is 2.25. The van der Waals surface area contributed by atoms with Gasteiger partial charge in [0.1, 0.15) is 13.1 Å². The number of Topliss-reactive ketones (excluding diaryl/α,β-unsaturated/α-hetero) is 1. The number of nitrogens with one attached hydrogen (secondary N) is 2. The van der Waals surface area contributed by atoms with Gasteiger partial charge >= 0.3 is 0 Å². The number of carbonyl (C=O) groups excluding carboxylic acids is 2. The van der Waals surface area contributed by atoms with Gasteiger partial charge in [-0.15, -0.1) is 0 Å². The van der Waals surface area contributed by atoms with Crippen LogP contribution in [0.1, 0.15) is 17.3 Å². The molecule has 0 bridgehead atoms. The van der Waals surface area contributed by atoms with E-state index in [1.54, 1.807) is 12.1 Å². The first kappa shape index (κ1) is 13.7. The molecule has 2 N–H and O–H groups in total. The maximum atomic E-state index is 12.5. The fraction of sp³-hybridized carbons (Fsp3) is 0.429. The first-order chi connectivity index (χ1) is 9.18. The average Bonchev–Trinajstić information content (AvgIpc) is 2.46. The highest BCUT2D eigenvalue weighted by atomic mass is 16.5. The van der Waals surface area contributed by atoms with E-state index in [1.165, 1.54) is 6.92 Å². The van der Waals surface area contributed by atoms with Crippen molar-refractivity contribution in [1.29, 1.82) is 0 Å². The zero-order valence-corrected chi connectivity index (χ0v) is 11.0. The number of quaternary nitrogens is 1. The van der Waals surface area contributed by atoms with Crippen LogP contribution in [0.25, 0.3) is 0 Å². The smallest absolute Gasteiger partial charge is 0.241 e. The number of hydrogen-bond donors (Lipinski definition) is 2. The van der Waals surface area contributed by atoms with E-state index in [4.69, 9.17) is 4.74 Å². The van der Waals surface area contributed by atoms with Crippen LogP contribution in [0.5, 0.6) is 0 Å². The number of benzene rings is 1. The lowest BCUT2D eigenvalue weighted by Crippen LogP contribution is -3.20. The van der Waals surface area contributed by atoms with Crippen molar-refractivity contribution in [3.8, 4) is 0 Å². The van der Waals surface area contributed by atoms with Gasteiger partial charge in [-0.1, -0.05) is 30.3 Å². The van der Waals surface area contributed by atoms with Gasteiger partial charge in [0, 0.05) is 12.5 Å². The molecule has 1 atom stereocenters. The number of rotatable bonds is 4. The van der Waals surface area contributed by atoms with Crippen molar-refractivity contribution in [2.24, 2.45) is 0 Å². The highest BCUT2D eigenvalue weighted by Gasteiger charge is 2.32. The summed E-state index contributed by atoms with van der Waals surface area (Å²) in [5.74, 6) is -0.235. The summed E-state index contributed by atoms with van der Waals surface area (Å²) in [6, 6.07) is 9.07. The molecule has 102 valence electrons. The summed E-state index contributed by atoms with van der Waals surface area (Å²) < 4.78 is 5.30. The van der Waals surface area contributed by atoms with E-state index in [1.807, 2.05) is 18.2 Å². The Morgan fingerprint density at radius 1 is 1.21 bits per heavy atom. The normalized spacial score (nSPS) is 17.7. The van der Waals surface area contributed by atoms with Crippen molar-refractivity contribution in [2.75, 3.05) is 26.3 Å². The summed E-state index contributed by atoms with van der Waals surface area (Å²) in [6.45, 7) is 4.12. The number of ketones is 1. The molecular weight excluding hydrogens is 244 g/mol. The van der Waals surface area contributed by atoms with Crippen molar-refractivity contribution in [2.45, 2.75) is 13.1 Å². The third-order valence-corrected chi connectivity index (χ3v) is 3.21. The molecule has 0 saturated carbocycles. The Bertz CT molecular complexity index is 441. The Labute approximate surface area is 112 Å². The predicted octanol–water partition coefficient (Wildman–Crippen LogP) is -0.753. The fourth-order valence-electron chi connectivity index (χ4n) is 2.25. The van der Waals surface area contributed by atoms with Gasteiger partial charge in [0.2, 0.25) is 17.9 Å². The Hall–Kier alpha value is -1.72. The minimum Gasteiger partial charge on any atom is -0.370 e. The largest absolute Gasteiger partial charge is 0.370 e. The number of morpholine rings is 1. The van der Waals surface area contributed by atoms with Crippen LogP contribution < -0.4 is 10.2 Å². The van der Waals surface area contributed by atoms with Gasteiger partial charge in [-0.3, -0.25) is 9.59 Å². The highest BCUT2D eigenvalue weighted by Crippen LogP contribution is 2.01. The maximum absolute atomic E-state index is 12.5. The molecular formula is C14H19N2O3+. The lowest BCUT2D eigenvalue weighted by atomic mass is 10.1. The van der Waals surface area contributed by atoms with Crippen LogP contribution in [-0.4, -0.2) is 44.2 Å². The zero-order chi connectivity index (χ0) is 13.7. The molecule has 0 aliphatic carbocycles. The second-order valence-corrected chi connectivity index (χ2v) is 4.63. The number of ether oxygens (including phenoxy) is 1. The number of carbonyl (C=O) groups is 2. The standard InChI is InChI=1S/C14H18N2O3/c1-11(17)15-14(16-7-9-19-10-8-16)13(18)12-5-3-2-4-6-12/h2-6,14H,7-10H2,1H3,(H,15,17)/p+1/t14-/m0/s1. The summed E-state index contributed by atoms with van der Waals surface area (Å²) in [5, 5.41) is 2.77. The van der Waals surface area contributed by atoms with E-state index in [0.717, 1.165) is 18.0 Å². The maximum Gasteiger partial charge on any atom is 0.241 e. The molecule has 1 aromatic rings. The predicted molar refractivity (Wildman–Crippen MR) is 69.9 cm³/mol. The second-order valence-electron chi connectivity index (χ2n) is 4.63. The molecule has 1 fully saturated rings. The van der Waals surface area contributed by atoms with Gasteiger partial charge in [0.05, 0.1) is 13.2 Å². The minimum atomic E-state index is -0.524. The van der Waals surface area contributed by atoms with Gasteiger partial charge in [-0.25, -0.2) is 0 Å². The van der Waals surface area contributed by atoms with Crippen molar-refractivity contribution in [1.82, 2.24) is 5.32 Å². The van der Waals surface area contributed by atoms with Crippen LogP contribution in [0.2, 0.25) is 0 Å². The quantitative estimate of drug-likeness (QED) is 0.703. The van der Waals surface area contributed by atoms with Gasteiger partial charge < -0.3 is 15.0 Å². The summed E-state index contributed by atoms with van der Waals surface area (Å²) in [5.41, 5.74) is 0.625. The molecule has 2 rings (SSSR count). The molecule has 1 amide bonds. The summed E-state index contributed by atoms with van der Waals surface area (Å²) in [6.07, 6.45) is -0.524. The summed E-state index contributed by atoms with van der Waals surface area (Å²) in [4.78, 5) is 24.9. The van der Waals surface area contributed by atoms with Gasteiger partial charge in [0.15, 0.2) is 0 Å². The molecule has 0 radical (unpaired) electrons. The van der Waals surface area contributed by atoms with E-state index >= 15 is 0 Å². The lowest BCUT2D eigenvalue weighted by Gasteiger charge is -2.30.